The summed E-state index contributed by atoms with van der Waals surface area (Å²) >= 11 is 0. The van der Waals surface area contributed by atoms with Crippen molar-refractivity contribution in [3.05, 3.63) is 146 Å². The molecular formula is C38H24N2O3P2. The van der Waals surface area contributed by atoms with Gasteiger partial charge in [0.1, 0.15) is 23.0 Å². The van der Waals surface area contributed by atoms with E-state index in [-0.39, 0.29) is 0 Å². The lowest BCUT2D eigenvalue weighted by Gasteiger charge is -2.28. The largest absolute Gasteiger partial charge is 0.456 e. The van der Waals surface area contributed by atoms with Crippen LogP contribution >= 0.6 is 15.8 Å². The first-order valence-corrected chi connectivity index (χ1v) is 17.3. The molecule has 7 aromatic rings. The van der Waals surface area contributed by atoms with Crippen molar-refractivity contribution in [2.75, 3.05) is 0 Å². The SMILES string of the molecule is c1ccc2c(c1)Oc1ccccc1P2c1ccc(-c2nnc(-c3ccc(P4c5ccccc5Oc5ccccc54)cc3)o2)cc1. The molecule has 214 valence electrons. The second-order valence-corrected chi connectivity index (χ2v) is 15.1. The molecule has 45 heavy (non-hydrogen) atoms. The van der Waals surface area contributed by atoms with E-state index in [1.54, 1.807) is 0 Å². The van der Waals surface area contributed by atoms with E-state index < -0.39 is 15.8 Å². The molecule has 0 unspecified atom stereocenters. The molecule has 0 amide bonds. The van der Waals surface area contributed by atoms with Crippen molar-refractivity contribution in [2.45, 2.75) is 0 Å². The topological polar surface area (TPSA) is 57.4 Å². The summed E-state index contributed by atoms with van der Waals surface area (Å²) in [6.45, 7) is 0. The van der Waals surface area contributed by atoms with E-state index in [1.165, 1.54) is 31.8 Å². The van der Waals surface area contributed by atoms with E-state index in [4.69, 9.17) is 13.9 Å². The highest BCUT2D eigenvalue weighted by atomic mass is 31.1. The summed E-state index contributed by atoms with van der Waals surface area (Å²) in [4.78, 5) is 0. The summed E-state index contributed by atoms with van der Waals surface area (Å²) in [5.74, 6) is 4.68. The van der Waals surface area contributed by atoms with Crippen LogP contribution in [0, 0.1) is 0 Å². The van der Waals surface area contributed by atoms with Crippen LogP contribution in [0.2, 0.25) is 0 Å². The van der Waals surface area contributed by atoms with E-state index in [2.05, 4.69) is 107 Å². The lowest BCUT2D eigenvalue weighted by Crippen LogP contribution is -2.26. The van der Waals surface area contributed by atoms with Crippen molar-refractivity contribution in [1.29, 1.82) is 0 Å². The quantitative estimate of drug-likeness (QED) is 0.197. The highest BCUT2D eigenvalue weighted by molar-refractivity contribution is 7.80. The molecule has 0 bridgehead atoms. The fraction of sp³-hybridized carbons (Fsp3) is 0. The van der Waals surface area contributed by atoms with E-state index >= 15 is 0 Å². The van der Waals surface area contributed by atoms with E-state index in [1.807, 2.05) is 48.5 Å². The first-order valence-electron chi connectivity index (χ1n) is 14.7. The van der Waals surface area contributed by atoms with Crippen LogP contribution in [0.15, 0.2) is 150 Å². The molecule has 5 nitrogen and oxygen atoms in total. The van der Waals surface area contributed by atoms with Crippen LogP contribution in [0.5, 0.6) is 23.0 Å². The predicted octanol–water partition coefficient (Wildman–Crippen LogP) is 7.13. The highest BCUT2D eigenvalue weighted by Crippen LogP contribution is 2.46. The molecule has 7 heteroatoms. The van der Waals surface area contributed by atoms with Gasteiger partial charge < -0.3 is 13.9 Å². The molecule has 0 N–H and O–H groups in total. The minimum Gasteiger partial charge on any atom is -0.456 e. The summed E-state index contributed by atoms with van der Waals surface area (Å²) < 4.78 is 18.6. The molecule has 2 aliphatic rings. The fourth-order valence-electron chi connectivity index (χ4n) is 5.93. The van der Waals surface area contributed by atoms with Gasteiger partial charge in [-0.3, -0.25) is 0 Å². The first-order chi connectivity index (χ1) is 22.3. The first kappa shape index (κ1) is 26.3. The van der Waals surface area contributed by atoms with Gasteiger partial charge in [-0.2, -0.15) is 0 Å². The zero-order valence-electron chi connectivity index (χ0n) is 23.9. The molecule has 0 radical (unpaired) electrons. The van der Waals surface area contributed by atoms with Gasteiger partial charge in [0, 0.05) is 32.3 Å². The Morgan fingerprint density at radius 3 is 1.00 bits per heavy atom. The Labute approximate surface area is 262 Å². The third-order valence-electron chi connectivity index (χ3n) is 8.03. The number of hydrogen-bond donors (Lipinski definition) is 0. The average molecular weight is 619 g/mol. The van der Waals surface area contributed by atoms with E-state index in [0.29, 0.717) is 11.8 Å². The van der Waals surface area contributed by atoms with Gasteiger partial charge in [0.25, 0.3) is 0 Å². The maximum absolute atomic E-state index is 6.22. The third kappa shape index (κ3) is 4.56. The molecule has 0 aliphatic carbocycles. The van der Waals surface area contributed by atoms with E-state index in [0.717, 1.165) is 34.1 Å². The fourth-order valence-corrected chi connectivity index (χ4v) is 10.8. The molecule has 0 fully saturated rings. The number of aromatic nitrogens is 2. The van der Waals surface area contributed by atoms with Crippen LogP contribution < -0.4 is 41.3 Å². The Balaban J connectivity index is 1.00. The number of hydrogen-bond acceptors (Lipinski definition) is 5. The Bertz CT molecular complexity index is 1950. The minimum atomic E-state index is -0.750. The lowest BCUT2D eigenvalue weighted by molar-refractivity contribution is 0.488. The normalized spacial score (nSPS) is 13.5. The standard InChI is InChI=1S/C38H24N2O3P2/c1-5-13-33-29(9-1)41-30-10-2-6-14-34(30)44(33)27-21-17-25(18-22-27)37-39-40-38(43-37)26-19-23-28(24-20-26)45-35-15-7-3-11-31(35)42-32-12-4-8-16-36(32)45/h1-24H. The zero-order valence-corrected chi connectivity index (χ0v) is 25.7. The van der Waals surface area contributed by atoms with E-state index in [9.17, 15) is 0 Å². The summed E-state index contributed by atoms with van der Waals surface area (Å²) in [6, 6.07) is 50.2. The Hall–Kier alpha value is -5.08. The zero-order chi connectivity index (χ0) is 29.7. The Kier molecular flexibility index (Phi) is 6.33. The third-order valence-corrected chi connectivity index (χ3v) is 13.1. The molecule has 0 saturated carbocycles. The molecule has 0 saturated heterocycles. The number of para-hydroxylation sites is 4. The predicted molar refractivity (Wildman–Crippen MR) is 183 cm³/mol. The molecular weight excluding hydrogens is 594 g/mol. The summed E-state index contributed by atoms with van der Waals surface area (Å²) in [6.07, 6.45) is 0. The number of rotatable bonds is 4. The van der Waals surface area contributed by atoms with Gasteiger partial charge in [0.15, 0.2) is 0 Å². The Morgan fingerprint density at radius 1 is 0.356 bits per heavy atom. The van der Waals surface area contributed by atoms with Gasteiger partial charge in [-0.05, 0) is 75.0 Å². The smallest absolute Gasteiger partial charge is 0.248 e. The van der Waals surface area contributed by atoms with Crippen molar-refractivity contribution in [3.63, 3.8) is 0 Å². The van der Waals surface area contributed by atoms with Gasteiger partial charge in [-0.15, -0.1) is 10.2 Å². The highest BCUT2D eigenvalue weighted by Gasteiger charge is 2.29. The lowest BCUT2D eigenvalue weighted by atomic mass is 10.2. The molecule has 1 aromatic heterocycles. The van der Waals surface area contributed by atoms with Crippen LogP contribution in [0.1, 0.15) is 0 Å². The maximum Gasteiger partial charge on any atom is 0.248 e. The number of nitrogens with zero attached hydrogens (tertiary/aromatic N) is 2. The van der Waals surface area contributed by atoms with Gasteiger partial charge >= 0.3 is 0 Å². The van der Waals surface area contributed by atoms with Crippen LogP contribution in [-0.2, 0) is 0 Å². The second-order valence-electron chi connectivity index (χ2n) is 10.8. The van der Waals surface area contributed by atoms with Crippen molar-refractivity contribution >= 4 is 47.7 Å². The van der Waals surface area contributed by atoms with Crippen LogP contribution in [0.25, 0.3) is 22.9 Å². The summed E-state index contributed by atoms with van der Waals surface area (Å²) in [7, 11) is -1.50. The Morgan fingerprint density at radius 2 is 0.667 bits per heavy atom. The van der Waals surface area contributed by atoms with Crippen molar-refractivity contribution in [2.24, 2.45) is 0 Å². The molecule has 2 aliphatic heterocycles. The average Bonchev–Trinajstić information content (AvgIpc) is 3.60. The van der Waals surface area contributed by atoms with Crippen LogP contribution in [-0.4, -0.2) is 10.2 Å². The number of fused-ring (bicyclic) bond motifs is 4. The van der Waals surface area contributed by atoms with Gasteiger partial charge in [0.05, 0.1) is 0 Å². The van der Waals surface area contributed by atoms with Gasteiger partial charge in [0.2, 0.25) is 11.8 Å². The number of ether oxygens (including phenoxy) is 2. The van der Waals surface area contributed by atoms with Gasteiger partial charge in [-0.1, -0.05) is 97.1 Å². The molecule has 6 aromatic carbocycles. The molecule has 9 rings (SSSR count). The summed E-state index contributed by atoms with van der Waals surface area (Å²) in [5.41, 5.74) is 1.77. The monoisotopic (exact) mass is 618 g/mol. The minimum absolute atomic E-state index is 0.498. The van der Waals surface area contributed by atoms with Crippen LogP contribution in [0.4, 0.5) is 0 Å². The maximum atomic E-state index is 6.22. The number of benzene rings is 6. The van der Waals surface area contributed by atoms with Gasteiger partial charge in [-0.25, -0.2) is 0 Å². The van der Waals surface area contributed by atoms with Crippen LogP contribution in [0.3, 0.4) is 0 Å². The molecule has 0 spiro atoms. The van der Waals surface area contributed by atoms with Crippen molar-refractivity contribution in [3.8, 4) is 45.9 Å². The molecule has 3 heterocycles. The molecule has 0 atom stereocenters. The van der Waals surface area contributed by atoms with Crippen molar-refractivity contribution in [1.82, 2.24) is 10.2 Å². The second kappa shape index (κ2) is 10.8. The van der Waals surface area contributed by atoms with Crippen molar-refractivity contribution < 1.29 is 13.9 Å². The summed E-state index contributed by atoms with van der Waals surface area (Å²) in [5, 5.41) is 16.2.